The van der Waals surface area contributed by atoms with Gasteiger partial charge in [0.15, 0.2) is 0 Å². The molecule has 0 saturated carbocycles. The Labute approximate surface area is 570 Å². The van der Waals surface area contributed by atoms with E-state index in [2.05, 4.69) is 370 Å². The van der Waals surface area contributed by atoms with Crippen LogP contribution < -0.4 is 19.6 Å². The number of fused-ring (bicyclic) bond motifs is 5. The van der Waals surface area contributed by atoms with Crippen molar-refractivity contribution >= 4 is 132 Å². The number of anilines is 12. The fourth-order valence-electron chi connectivity index (χ4n) is 14.3. The molecule has 0 radical (unpaired) electrons. The number of hydrogen-bond acceptors (Lipinski definition) is 8. The van der Waals surface area contributed by atoms with Crippen molar-refractivity contribution < 1.29 is 0 Å². The second kappa shape index (κ2) is 24.6. The Bertz CT molecular complexity index is 5400. The summed E-state index contributed by atoms with van der Waals surface area (Å²) in [4.78, 5) is 10.1. The van der Waals surface area contributed by atoms with Crippen molar-refractivity contribution in [2.24, 2.45) is 0 Å². The molecule has 0 spiro atoms. The highest BCUT2D eigenvalue weighted by Crippen LogP contribution is 2.60. The Balaban J connectivity index is 1.01. The van der Waals surface area contributed by atoms with E-state index in [1.807, 2.05) is 0 Å². The van der Waals surface area contributed by atoms with Crippen LogP contribution >= 0.6 is 45.3 Å². The molecule has 17 rings (SSSR count). The number of rotatable bonds is 16. The van der Waals surface area contributed by atoms with Crippen LogP contribution in [-0.2, 0) is 5.41 Å². The standard InChI is InChI=1S/C87H62N4S4/c1-87(2)75-56-64(89(82-44-24-52-93-82)78-40-20-16-36-66(78)60-29-9-4-10-30-60)47-49-69(75)71-57-73-74(58-76(71)87)85(90(83-45-25-53-94-83)79-41-21-17-37-67(79)61-31-11-5-12-32-61)70-50-48-63(88(81-43-23-51-92-81)77-39-19-15-35-65(77)59-27-7-3-8-28-59)55-72(70)86(73)91(84-46-26-54-95-84)80-42-22-18-38-68(80)62-33-13-6-14-34-62/h3-58H,1-2H3. The summed E-state index contributed by atoms with van der Waals surface area (Å²) in [5.41, 5.74) is 22.6. The van der Waals surface area contributed by atoms with Gasteiger partial charge in [0.25, 0.3) is 0 Å². The summed E-state index contributed by atoms with van der Waals surface area (Å²) in [6.45, 7) is 4.88. The van der Waals surface area contributed by atoms with Crippen LogP contribution in [0.2, 0.25) is 0 Å². The minimum Gasteiger partial charge on any atom is -0.301 e. The van der Waals surface area contributed by atoms with Crippen LogP contribution in [0.1, 0.15) is 25.0 Å². The molecule has 8 heteroatoms. The molecule has 0 saturated heterocycles. The molecule has 0 unspecified atom stereocenters. The van der Waals surface area contributed by atoms with E-state index in [1.165, 1.54) is 33.4 Å². The molecule has 0 N–H and O–H groups in total. The molecule has 1 aliphatic rings. The lowest BCUT2D eigenvalue weighted by atomic mass is 9.81. The molecule has 0 bridgehead atoms. The smallest absolute Gasteiger partial charge is 0.1000 e. The third-order valence-corrected chi connectivity index (χ3v) is 22.0. The van der Waals surface area contributed by atoms with E-state index in [9.17, 15) is 0 Å². The second-order valence-corrected chi connectivity index (χ2v) is 28.1. The molecule has 4 nitrogen and oxygen atoms in total. The number of nitrogens with zero attached hydrogens (tertiary/aromatic N) is 4. The third-order valence-electron chi connectivity index (χ3n) is 18.6. The van der Waals surface area contributed by atoms with Gasteiger partial charge in [-0.2, -0.15) is 0 Å². The van der Waals surface area contributed by atoms with E-state index in [-0.39, 0.29) is 0 Å². The number of thiophene rings is 4. The van der Waals surface area contributed by atoms with Crippen molar-refractivity contribution in [1.82, 2.24) is 0 Å². The maximum absolute atomic E-state index is 2.59. The highest BCUT2D eigenvalue weighted by molar-refractivity contribution is 7.15. The zero-order valence-electron chi connectivity index (χ0n) is 52.3. The fraction of sp³-hybridized carbons (Fsp3) is 0.0345. The van der Waals surface area contributed by atoms with E-state index in [1.54, 1.807) is 45.3 Å². The lowest BCUT2D eigenvalue weighted by molar-refractivity contribution is 0.661. The molecule has 95 heavy (non-hydrogen) atoms. The van der Waals surface area contributed by atoms with Crippen molar-refractivity contribution in [3.05, 3.63) is 348 Å². The Kier molecular flexibility index (Phi) is 15.0. The largest absolute Gasteiger partial charge is 0.301 e. The van der Waals surface area contributed by atoms with Gasteiger partial charge in [-0.3, -0.25) is 0 Å². The van der Waals surface area contributed by atoms with Gasteiger partial charge < -0.3 is 19.6 Å². The molecule has 0 aliphatic heterocycles. The molecule has 12 aromatic carbocycles. The van der Waals surface area contributed by atoms with Crippen LogP contribution in [0.15, 0.2) is 337 Å². The van der Waals surface area contributed by atoms with Gasteiger partial charge in [0.05, 0.1) is 54.1 Å². The Morgan fingerprint density at radius 1 is 0.232 bits per heavy atom. The second-order valence-electron chi connectivity index (χ2n) is 24.4. The maximum atomic E-state index is 2.59. The fourth-order valence-corrected chi connectivity index (χ4v) is 17.3. The van der Waals surface area contributed by atoms with Gasteiger partial charge >= 0.3 is 0 Å². The van der Waals surface area contributed by atoms with E-state index < -0.39 is 5.41 Å². The molecular formula is C87H62N4S4. The summed E-state index contributed by atoms with van der Waals surface area (Å²) < 4.78 is 0. The highest BCUT2D eigenvalue weighted by Gasteiger charge is 2.39. The lowest BCUT2D eigenvalue weighted by Gasteiger charge is -2.34. The summed E-state index contributed by atoms with van der Waals surface area (Å²) in [6.07, 6.45) is 0. The first-order valence-corrected chi connectivity index (χ1v) is 35.6. The van der Waals surface area contributed by atoms with Crippen molar-refractivity contribution in [2.75, 3.05) is 19.6 Å². The zero-order valence-corrected chi connectivity index (χ0v) is 55.5. The molecule has 4 heterocycles. The van der Waals surface area contributed by atoms with Gasteiger partial charge in [-0.15, -0.1) is 45.3 Å². The molecule has 0 atom stereocenters. The topological polar surface area (TPSA) is 13.0 Å². The van der Waals surface area contributed by atoms with Crippen LogP contribution in [0, 0.1) is 0 Å². The summed E-state index contributed by atoms with van der Waals surface area (Å²) >= 11 is 7.06. The number of para-hydroxylation sites is 4. The predicted molar refractivity (Wildman–Crippen MR) is 411 cm³/mol. The van der Waals surface area contributed by atoms with Crippen molar-refractivity contribution in [3.8, 4) is 55.6 Å². The molecule has 454 valence electrons. The normalized spacial score (nSPS) is 12.2. The number of hydrogen-bond donors (Lipinski definition) is 0. The molecular weight excluding hydrogens is 1230 g/mol. The van der Waals surface area contributed by atoms with E-state index in [0.717, 1.165) is 120 Å². The molecule has 16 aromatic rings. The van der Waals surface area contributed by atoms with Crippen molar-refractivity contribution in [1.29, 1.82) is 0 Å². The minimum atomic E-state index is -0.443. The average Bonchev–Trinajstić information content (AvgIpc) is 1.69. The summed E-state index contributed by atoms with van der Waals surface area (Å²) in [7, 11) is 0. The van der Waals surface area contributed by atoms with Crippen LogP contribution in [0.4, 0.5) is 65.5 Å². The SMILES string of the molecule is CC1(C)c2cc(N(c3cccs3)c3ccccc3-c3ccccc3)ccc2-c2cc3c(N(c4cccs4)c4ccccc4-c4ccccc4)c4cc(N(c5cccs5)c5ccccc5-c5ccccc5)ccc4c(N(c4cccs4)c4ccccc4-c4ccccc4)c3cc21. The Hall–Kier alpha value is -10.8. The van der Waals surface area contributed by atoms with E-state index in [4.69, 9.17) is 0 Å². The molecule has 0 fully saturated rings. The summed E-state index contributed by atoms with van der Waals surface area (Å²) in [5.74, 6) is 0. The summed E-state index contributed by atoms with van der Waals surface area (Å²) in [6, 6.07) is 117. The van der Waals surface area contributed by atoms with Gasteiger partial charge in [-0.25, -0.2) is 0 Å². The first-order valence-electron chi connectivity index (χ1n) is 32.1. The number of benzene rings is 12. The van der Waals surface area contributed by atoms with Crippen LogP contribution in [0.25, 0.3) is 77.2 Å². The predicted octanol–water partition coefficient (Wildman–Crippen LogP) is 27.1. The minimum absolute atomic E-state index is 0.443. The van der Waals surface area contributed by atoms with Crippen LogP contribution in [-0.4, -0.2) is 0 Å². The quantitative estimate of drug-likeness (QED) is 0.0706. The van der Waals surface area contributed by atoms with Gasteiger partial charge in [0.2, 0.25) is 0 Å². The molecule has 1 aliphatic carbocycles. The average molecular weight is 1290 g/mol. The van der Waals surface area contributed by atoms with Gasteiger partial charge in [0, 0.05) is 60.6 Å². The zero-order chi connectivity index (χ0) is 63.4. The van der Waals surface area contributed by atoms with Gasteiger partial charge in [0.1, 0.15) is 0 Å². The van der Waals surface area contributed by atoms with Crippen LogP contribution in [0.5, 0.6) is 0 Å². The van der Waals surface area contributed by atoms with E-state index in [0.29, 0.717) is 0 Å². The maximum Gasteiger partial charge on any atom is 0.1000 e. The Morgan fingerprint density at radius 3 is 0.947 bits per heavy atom. The monoisotopic (exact) mass is 1290 g/mol. The first-order chi connectivity index (χ1) is 46.9. The molecule has 4 aromatic heterocycles. The summed E-state index contributed by atoms with van der Waals surface area (Å²) in [5, 5.41) is 17.8. The van der Waals surface area contributed by atoms with Crippen molar-refractivity contribution in [3.63, 3.8) is 0 Å². The van der Waals surface area contributed by atoms with Gasteiger partial charge in [-0.1, -0.05) is 220 Å². The highest BCUT2D eigenvalue weighted by atomic mass is 32.1. The van der Waals surface area contributed by atoms with Crippen LogP contribution in [0.3, 0.4) is 0 Å². The lowest BCUT2D eigenvalue weighted by Crippen LogP contribution is -2.18. The van der Waals surface area contributed by atoms with E-state index >= 15 is 0 Å². The Morgan fingerprint density at radius 2 is 0.547 bits per heavy atom. The third kappa shape index (κ3) is 10.3. The van der Waals surface area contributed by atoms with Crippen molar-refractivity contribution in [2.45, 2.75) is 19.3 Å². The van der Waals surface area contributed by atoms with Gasteiger partial charge in [-0.05, 0) is 175 Å². The molecule has 0 amide bonds. The first kappa shape index (κ1) is 58.0.